The van der Waals surface area contributed by atoms with Gasteiger partial charge in [-0.2, -0.15) is 0 Å². The van der Waals surface area contributed by atoms with Gasteiger partial charge in [0.05, 0.1) is 0 Å². The highest BCUT2D eigenvalue weighted by molar-refractivity contribution is 6.28. The first-order valence-corrected chi connectivity index (χ1v) is 5.50. The van der Waals surface area contributed by atoms with Crippen LogP contribution in [-0.2, 0) is 4.79 Å². The van der Waals surface area contributed by atoms with Crippen molar-refractivity contribution in [3.63, 3.8) is 0 Å². The zero-order valence-electron chi connectivity index (χ0n) is 9.11. The molecule has 0 aromatic carbocycles. The summed E-state index contributed by atoms with van der Waals surface area (Å²) >= 11 is 5.60. The van der Waals surface area contributed by atoms with Gasteiger partial charge in [0.15, 0.2) is 0 Å². The lowest BCUT2D eigenvalue weighted by Gasteiger charge is -2.10. The molecule has 1 atom stereocenters. The minimum Gasteiger partial charge on any atom is -0.330 e. The quantitative estimate of drug-likeness (QED) is 0.766. The average Bonchev–Trinajstić information content (AvgIpc) is 2.25. The zero-order chi connectivity index (χ0) is 12.0. The van der Waals surface area contributed by atoms with Gasteiger partial charge in [0.2, 0.25) is 11.2 Å². The Morgan fingerprint density at radius 3 is 3.06 bits per heavy atom. The first kappa shape index (κ1) is 12.9. The molecule has 1 unspecified atom stereocenters. The van der Waals surface area contributed by atoms with E-state index in [-0.39, 0.29) is 17.1 Å². The number of nitrogens with two attached hydrogens (primary N) is 1. The highest BCUT2D eigenvalue weighted by Gasteiger charge is 2.12. The third-order valence-electron chi connectivity index (χ3n) is 2.17. The minimum absolute atomic E-state index is 0.0804. The van der Waals surface area contributed by atoms with E-state index in [0.29, 0.717) is 12.4 Å². The Labute approximate surface area is 99.4 Å². The number of hydrogen-bond acceptors (Lipinski definition) is 4. The van der Waals surface area contributed by atoms with E-state index in [1.807, 2.05) is 6.92 Å². The number of carbonyl (C=O) groups excluding carboxylic acids is 1. The van der Waals surface area contributed by atoms with Crippen LogP contribution in [0, 0.1) is 5.92 Å². The molecule has 1 amide bonds. The Morgan fingerprint density at radius 1 is 1.69 bits per heavy atom. The van der Waals surface area contributed by atoms with Crippen molar-refractivity contribution in [3.05, 3.63) is 17.5 Å². The summed E-state index contributed by atoms with van der Waals surface area (Å²) in [4.78, 5) is 19.3. The SMILES string of the molecule is CC(CCCN)C(=O)Nc1ccnc(Cl)n1. The number of nitrogens with zero attached hydrogens (tertiary/aromatic N) is 2. The largest absolute Gasteiger partial charge is 0.330 e. The number of carbonyl (C=O) groups is 1. The topological polar surface area (TPSA) is 80.9 Å². The number of nitrogens with one attached hydrogen (secondary N) is 1. The van der Waals surface area contributed by atoms with Crippen molar-refractivity contribution < 1.29 is 4.79 Å². The van der Waals surface area contributed by atoms with Crippen LogP contribution in [0.1, 0.15) is 19.8 Å². The molecular weight excluding hydrogens is 228 g/mol. The average molecular weight is 243 g/mol. The van der Waals surface area contributed by atoms with Gasteiger partial charge in [-0.25, -0.2) is 9.97 Å². The predicted octanol–water partition coefficient (Wildman–Crippen LogP) is 1.44. The van der Waals surface area contributed by atoms with E-state index < -0.39 is 0 Å². The van der Waals surface area contributed by atoms with E-state index in [2.05, 4.69) is 15.3 Å². The van der Waals surface area contributed by atoms with E-state index in [4.69, 9.17) is 17.3 Å². The lowest BCUT2D eigenvalue weighted by atomic mass is 10.1. The maximum Gasteiger partial charge on any atom is 0.228 e. The molecule has 88 valence electrons. The molecule has 6 heteroatoms. The summed E-state index contributed by atoms with van der Waals surface area (Å²) in [5.41, 5.74) is 5.38. The molecule has 0 aliphatic rings. The Kier molecular flexibility index (Phi) is 5.14. The molecule has 1 rings (SSSR count). The van der Waals surface area contributed by atoms with Crippen LogP contribution < -0.4 is 11.1 Å². The molecule has 0 saturated carbocycles. The van der Waals surface area contributed by atoms with E-state index in [9.17, 15) is 4.79 Å². The van der Waals surface area contributed by atoms with Crippen LogP contribution in [-0.4, -0.2) is 22.4 Å². The second kappa shape index (κ2) is 6.40. The van der Waals surface area contributed by atoms with E-state index in [0.717, 1.165) is 12.8 Å². The maximum atomic E-state index is 11.7. The minimum atomic E-state index is -0.0858. The smallest absolute Gasteiger partial charge is 0.228 e. The van der Waals surface area contributed by atoms with Crippen molar-refractivity contribution >= 4 is 23.3 Å². The van der Waals surface area contributed by atoms with Gasteiger partial charge in [0.25, 0.3) is 0 Å². The van der Waals surface area contributed by atoms with Crippen LogP contribution in [0.15, 0.2) is 12.3 Å². The number of anilines is 1. The van der Waals surface area contributed by atoms with Crippen LogP contribution in [0.25, 0.3) is 0 Å². The van der Waals surface area contributed by atoms with Gasteiger partial charge in [-0.1, -0.05) is 6.92 Å². The molecule has 0 aliphatic carbocycles. The number of rotatable bonds is 5. The van der Waals surface area contributed by atoms with Gasteiger partial charge >= 0.3 is 0 Å². The molecule has 5 nitrogen and oxygen atoms in total. The van der Waals surface area contributed by atoms with Gasteiger partial charge in [0, 0.05) is 12.1 Å². The Bertz CT molecular complexity index is 358. The molecule has 0 radical (unpaired) electrons. The van der Waals surface area contributed by atoms with Crippen molar-refractivity contribution in [1.82, 2.24) is 9.97 Å². The van der Waals surface area contributed by atoms with Gasteiger partial charge in [-0.3, -0.25) is 4.79 Å². The lowest BCUT2D eigenvalue weighted by molar-refractivity contribution is -0.119. The highest BCUT2D eigenvalue weighted by Crippen LogP contribution is 2.10. The molecular formula is C10H15ClN4O. The molecule has 16 heavy (non-hydrogen) atoms. The second-order valence-electron chi connectivity index (χ2n) is 3.53. The monoisotopic (exact) mass is 242 g/mol. The Hall–Kier alpha value is -1.20. The van der Waals surface area contributed by atoms with E-state index >= 15 is 0 Å². The van der Waals surface area contributed by atoms with Crippen LogP contribution in [0.4, 0.5) is 5.82 Å². The first-order chi connectivity index (χ1) is 7.63. The van der Waals surface area contributed by atoms with Gasteiger partial charge in [0.1, 0.15) is 5.82 Å². The third-order valence-corrected chi connectivity index (χ3v) is 2.35. The van der Waals surface area contributed by atoms with Crippen LogP contribution in [0.5, 0.6) is 0 Å². The molecule has 0 bridgehead atoms. The summed E-state index contributed by atoms with van der Waals surface area (Å²) < 4.78 is 0. The van der Waals surface area contributed by atoms with Crippen molar-refractivity contribution in [3.8, 4) is 0 Å². The number of aromatic nitrogens is 2. The van der Waals surface area contributed by atoms with Crippen molar-refractivity contribution in [2.24, 2.45) is 11.7 Å². The Morgan fingerprint density at radius 2 is 2.44 bits per heavy atom. The van der Waals surface area contributed by atoms with Crippen molar-refractivity contribution in [2.45, 2.75) is 19.8 Å². The Balaban J connectivity index is 2.50. The zero-order valence-corrected chi connectivity index (χ0v) is 9.87. The maximum absolute atomic E-state index is 11.7. The number of amides is 1. The van der Waals surface area contributed by atoms with Gasteiger partial charge < -0.3 is 11.1 Å². The van der Waals surface area contributed by atoms with Crippen molar-refractivity contribution in [2.75, 3.05) is 11.9 Å². The van der Waals surface area contributed by atoms with Crippen LogP contribution in [0.3, 0.4) is 0 Å². The molecule has 0 aliphatic heterocycles. The van der Waals surface area contributed by atoms with Gasteiger partial charge in [-0.15, -0.1) is 0 Å². The summed E-state index contributed by atoms with van der Waals surface area (Å²) in [5, 5.41) is 2.79. The predicted molar refractivity (Wildman–Crippen MR) is 63.1 cm³/mol. The van der Waals surface area contributed by atoms with E-state index in [1.54, 1.807) is 6.07 Å². The third kappa shape index (κ3) is 4.12. The van der Waals surface area contributed by atoms with Crippen LogP contribution >= 0.6 is 11.6 Å². The number of hydrogen-bond donors (Lipinski definition) is 2. The van der Waals surface area contributed by atoms with Crippen molar-refractivity contribution in [1.29, 1.82) is 0 Å². The summed E-state index contributed by atoms with van der Waals surface area (Å²) in [6.45, 7) is 2.45. The summed E-state index contributed by atoms with van der Waals surface area (Å²) in [6.07, 6.45) is 3.09. The standard InChI is InChI=1S/C10H15ClN4O/c1-7(3-2-5-12)9(16)14-8-4-6-13-10(11)15-8/h4,6-7H,2-3,5,12H2,1H3,(H,13,14,15,16). The van der Waals surface area contributed by atoms with E-state index in [1.165, 1.54) is 6.20 Å². The highest BCUT2D eigenvalue weighted by atomic mass is 35.5. The molecule has 1 aromatic rings. The molecule has 1 heterocycles. The molecule has 0 fully saturated rings. The molecule has 3 N–H and O–H groups in total. The summed E-state index contributed by atoms with van der Waals surface area (Å²) in [7, 11) is 0. The fourth-order valence-electron chi connectivity index (χ4n) is 1.21. The fourth-order valence-corrected chi connectivity index (χ4v) is 1.36. The van der Waals surface area contributed by atoms with Gasteiger partial charge in [-0.05, 0) is 37.1 Å². The number of halogens is 1. The molecule has 0 saturated heterocycles. The fraction of sp³-hybridized carbons (Fsp3) is 0.500. The first-order valence-electron chi connectivity index (χ1n) is 5.13. The molecule has 1 aromatic heterocycles. The summed E-state index contributed by atoms with van der Waals surface area (Å²) in [6, 6.07) is 1.60. The lowest BCUT2D eigenvalue weighted by Crippen LogP contribution is -2.21. The van der Waals surface area contributed by atoms with Crippen LogP contribution in [0.2, 0.25) is 5.28 Å². The normalized spacial score (nSPS) is 12.2. The second-order valence-corrected chi connectivity index (χ2v) is 3.87. The summed E-state index contributed by atoms with van der Waals surface area (Å²) in [5.74, 6) is 0.255. The molecule has 0 spiro atoms.